The first kappa shape index (κ1) is 50.8. The summed E-state index contributed by atoms with van der Waals surface area (Å²) in [5, 5.41) is 4.73. The fourth-order valence-electron chi connectivity index (χ4n) is 6.74. The third-order valence-electron chi connectivity index (χ3n) is 8.92. The zero-order valence-electron chi connectivity index (χ0n) is 42.1. The second kappa shape index (κ2) is 17.8. The molecule has 0 aromatic carbocycles. The number of aromatic amines is 2. The Bertz CT molecular complexity index is 3160. The van der Waals surface area contributed by atoms with Crippen LogP contribution in [0.5, 0.6) is 0 Å². The maximum absolute atomic E-state index is 5.39. The summed E-state index contributed by atoms with van der Waals surface area (Å²) in [5.41, 5.74) is 6.01. The third kappa shape index (κ3) is 11.6. The summed E-state index contributed by atoms with van der Waals surface area (Å²) in [6, 6.07) is 0. The van der Waals surface area contributed by atoms with Gasteiger partial charge in [-0.25, -0.2) is 0 Å². The standard InChI is InChI=1S/C46H56N16S6Te/c1-41(2,3)63-35-36(64-42(4,5)6)48-20-19(47-35)27-53-28(20)55-30-22-24(52-40(68-46(16,17)18)38(50-22)66-44(10,11)12)32(57-30)59-34-26-25(61-69-62-26)33(60-34)58-31-23-21(29(54-27)56-31)49-37(65-43(7,8)9)39(51-23)67-45(13,14)15/h1-18H3,(H2,53,54,55,56,57,58,59,60). The van der Waals surface area contributed by atoms with Crippen molar-refractivity contribution in [3.05, 3.63) is 0 Å². The molecule has 9 heterocycles. The number of nitrogens with zero attached hydrogens (tertiary/aromatic N) is 14. The second-order valence-electron chi connectivity index (χ2n) is 22.5. The number of thioether (sulfide) groups is 6. The molecule has 23 heteroatoms. The molecule has 69 heavy (non-hydrogen) atoms. The van der Waals surface area contributed by atoms with Crippen LogP contribution in [0.3, 0.4) is 0 Å². The van der Waals surface area contributed by atoms with Gasteiger partial charge in [0.2, 0.25) is 0 Å². The molecule has 8 bridgehead atoms. The van der Waals surface area contributed by atoms with Crippen LogP contribution in [0, 0.1) is 0 Å². The van der Waals surface area contributed by atoms with Crippen LogP contribution in [0.15, 0.2) is 30.2 Å². The number of fused-ring (bicyclic) bond motifs is 20. The quantitative estimate of drug-likeness (QED) is 0.117. The first-order chi connectivity index (χ1) is 31.8. The van der Waals surface area contributed by atoms with E-state index >= 15 is 0 Å². The normalized spacial score (nSPS) is 13.7. The van der Waals surface area contributed by atoms with Crippen molar-refractivity contribution in [3.8, 4) is 46.1 Å². The molecule has 0 atom stereocenters. The Morgan fingerprint density at radius 2 is 0.493 bits per heavy atom. The molecule has 0 fully saturated rings. The van der Waals surface area contributed by atoms with Crippen LogP contribution in [0.2, 0.25) is 0 Å². The number of hydrogen-bond acceptors (Lipinski definition) is 20. The Labute approximate surface area is 438 Å². The molecule has 16 nitrogen and oxygen atoms in total. The molecule has 0 spiro atoms. The number of aromatic nitrogens is 16. The van der Waals surface area contributed by atoms with Crippen LogP contribution in [0.4, 0.5) is 0 Å². The fraction of sp³-hybridized carbons (Fsp3) is 0.522. The van der Waals surface area contributed by atoms with Gasteiger partial charge >= 0.3 is 367 Å². The molecule has 7 aromatic rings. The van der Waals surface area contributed by atoms with E-state index in [1.165, 1.54) is 0 Å². The summed E-state index contributed by atoms with van der Waals surface area (Å²) in [5.74, 6) is 1.31. The van der Waals surface area contributed by atoms with Gasteiger partial charge in [0, 0.05) is 9.49 Å². The molecular formula is C46H56N16S6Te. The van der Waals surface area contributed by atoms with Gasteiger partial charge in [-0.1, -0.05) is 65.1 Å². The van der Waals surface area contributed by atoms with Crippen molar-refractivity contribution >= 4 is 136 Å². The summed E-state index contributed by atoms with van der Waals surface area (Å²) < 4.78 is 8.77. The average Bonchev–Trinajstić information content (AvgIpc) is 3.97. The summed E-state index contributed by atoms with van der Waals surface area (Å²) in [6.07, 6.45) is 0. The van der Waals surface area contributed by atoms with Crippen molar-refractivity contribution in [1.82, 2.24) is 76.2 Å². The van der Waals surface area contributed by atoms with Gasteiger partial charge in [-0.05, 0) is 0 Å². The topological polar surface area (TPSA) is 212 Å². The molecular weight excluding hydrogens is 1100 g/mol. The maximum atomic E-state index is 5.39. The molecule has 0 saturated carbocycles. The summed E-state index contributed by atoms with van der Waals surface area (Å²) in [7, 11) is 0. The van der Waals surface area contributed by atoms with Gasteiger partial charge in [-0.15, -0.1) is 0 Å². The Morgan fingerprint density at radius 3 is 0.725 bits per heavy atom. The average molecular weight is 1150 g/mol. The molecule has 9 rings (SSSR count). The van der Waals surface area contributed by atoms with Gasteiger partial charge in [-0.2, -0.15) is 0 Å². The zero-order chi connectivity index (χ0) is 50.0. The second-order valence-corrected chi connectivity index (χ2v) is 34.9. The SMILES string of the molecule is CC(C)(C)Sc1nc2c(nc1SC(C)(C)C)-c1nc-2nc2[nH]c(nc3nc(nc4[nH]c(n1)c1nc(SC(C)(C)C)c(SC(C)(C)C)nc41)-c1nc(SC(C)(C)C)c(SC(C)(C)C)nc1-3)c1n[te]nc21. The van der Waals surface area contributed by atoms with E-state index in [1.807, 2.05) is 0 Å². The number of hydrogen-bond donors (Lipinski definition) is 2. The van der Waals surface area contributed by atoms with Crippen molar-refractivity contribution in [2.75, 3.05) is 0 Å². The van der Waals surface area contributed by atoms with Crippen molar-refractivity contribution in [1.29, 1.82) is 0 Å². The molecule has 362 valence electrons. The first-order valence-electron chi connectivity index (χ1n) is 22.4. The third-order valence-corrected chi connectivity index (χ3v) is 17.4. The molecule has 0 radical (unpaired) electrons. The Morgan fingerprint density at radius 1 is 0.275 bits per heavy atom. The minimum atomic E-state index is -1.10. The Hall–Kier alpha value is -3.17. The first-order valence-corrected chi connectivity index (χ1v) is 29.4. The number of rotatable bonds is 6. The molecule has 2 aliphatic heterocycles. The van der Waals surface area contributed by atoms with E-state index in [0.29, 0.717) is 90.7 Å². The van der Waals surface area contributed by atoms with E-state index in [1.54, 1.807) is 70.6 Å². The number of nitrogens with one attached hydrogen (secondary N) is 2. The fourth-order valence-corrected chi connectivity index (χ4v) is 14.2. The van der Waals surface area contributed by atoms with Crippen molar-refractivity contribution in [2.24, 2.45) is 0 Å². The Balaban J connectivity index is 1.45. The van der Waals surface area contributed by atoms with Crippen LogP contribution in [0.25, 0.3) is 90.7 Å². The van der Waals surface area contributed by atoms with Gasteiger partial charge in [0.15, 0.2) is 0 Å². The van der Waals surface area contributed by atoms with Gasteiger partial charge in [-0.3, -0.25) is 0 Å². The summed E-state index contributed by atoms with van der Waals surface area (Å²) >= 11 is 8.86. The van der Waals surface area contributed by atoms with Crippen molar-refractivity contribution in [2.45, 2.75) is 183 Å². The monoisotopic (exact) mass is 1150 g/mol. The minimum absolute atomic E-state index is 0.162. The number of H-pyrrole nitrogens is 2. The van der Waals surface area contributed by atoms with E-state index in [9.17, 15) is 0 Å². The van der Waals surface area contributed by atoms with Crippen LogP contribution < -0.4 is 0 Å². The van der Waals surface area contributed by atoms with E-state index in [0.717, 1.165) is 30.2 Å². The van der Waals surface area contributed by atoms with Crippen molar-refractivity contribution in [3.63, 3.8) is 0 Å². The van der Waals surface area contributed by atoms with Crippen LogP contribution >= 0.6 is 70.6 Å². The van der Waals surface area contributed by atoms with Crippen molar-refractivity contribution < 1.29 is 0 Å². The summed E-state index contributed by atoms with van der Waals surface area (Å²) in [4.78, 5) is 70.4. The molecule has 7 aromatic heterocycles. The predicted molar refractivity (Wildman–Crippen MR) is 289 cm³/mol. The molecule has 0 unspecified atom stereocenters. The van der Waals surface area contributed by atoms with Gasteiger partial charge in [0.25, 0.3) is 0 Å². The summed E-state index contributed by atoms with van der Waals surface area (Å²) in [6.45, 7) is 39.1. The molecule has 0 aliphatic carbocycles. The Kier molecular flexibility index (Phi) is 13.1. The zero-order valence-corrected chi connectivity index (χ0v) is 49.3. The van der Waals surface area contributed by atoms with E-state index < -0.39 is 21.0 Å². The van der Waals surface area contributed by atoms with E-state index in [-0.39, 0.29) is 28.5 Å². The van der Waals surface area contributed by atoms with Gasteiger partial charge in [0.05, 0.1) is 0 Å². The van der Waals surface area contributed by atoms with E-state index in [2.05, 4.69) is 135 Å². The molecule has 0 saturated heterocycles. The van der Waals surface area contributed by atoms with Crippen LogP contribution in [-0.4, -0.2) is 126 Å². The molecule has 2 N–H and O–H groups in total. The predicted octanol–water partition coefficient (Wildman–Crippen LogP) is 12.4. The molecule has 2 aliphatic rings. The van der Waals surface area contributed by atoms with Crippen LogP contribution in [0.1, 0.15) is 125 Å². The van der Waals surface area contributed by atoms with Gasteiger partial charge in [0.1, 0.15) is 0 Å². The van der Waals surface area contributed by atoms with E-state index in [4.69, 9.17) is 66.2 Å². The van der Waals surface area contributed by atoms with Gasteiger partial charge < -0.3 is 0 Å². The van der Waals surface area contributed by atoms with Crippen LogP contribution in [-0.2, 0) is 0 Å². The molecule has 0 amide bonds.